The molecule has 0 bridgehead atoms. The van der Waals surface area contributed by atoms with Gasteiger partial charge in [-0.3, -0.25) is 4.79 Å². The number of rotatable bonds is 3. The number of hydrogen-bond donors (Lipinski definition) is 1. The van der Waals surface area contributed by atoms with Crippen LogP contribution in [0, 0.1) is 0 Å². The molecule has 0 unspecified atom stereocenters. The Kier molecular flexibility index (Phi) is 3.26. The Morgan fingerprint density at radius 2 is 2.00 bits per heavy atom. The van der Waals surface area contributed by atoms with E-state index in [9.17, 15) is 9.59 Å². The van der Waals surface area contributed by atoms with Crippen LogP contribution in [0.25, 0.3) is 0 Å². The maximum atomic E-state index is 12.1. The first-order chi connectivity index (χ1) is 10.0. The third-order valence-electron chi connectivity index (χ3n) is 3.09. The number of carboxylic acids is 1. The molecule has 2 aromatic rings. The van der Waals surface area contributed by atoms with Crippen molar-refractivity contribution in [1.82, 2.24) is 29.9 Å². The van der Waals surface area contributed by atoms with Gasteiger partial charge in [-0.1, -0.05) is 16.8 Å². The minimum absolute atomic E-state index is 0.0881. The predicted octanol–water partition coefficient (Wildman–Crippen LogP) is 0.117. The van der Waals surface area contributed by atoms with Crippen LogP contribution >= 0.6 is 11.6 Å². The Bertz CT molecular complexity index is 694. The zero-order valence-electron chi connectivity index (χ0n) is 10.5. The lowest BCUT2D eigenvalue weighted by atomic mass is 10.1. The molecule has 0 aliphatic carbocycles. The van der Waals surface area contributed by atoms with Crippen molar-refractivity contribution in [3.63, 3.8) is 0 Å². The molecule has 1 fully saturated rings. The molecule has 1 aliphatic rings. The van der Waals surface area contributed by atoms with Crippen molar-refractivity contribution in [2.45, 2.75) is 6.04 Å². The standard InChI is InChI=1S/C11H9ClN6O3/c12-9-2-13-7(1-14-9)10(19)17-3-6(4-17)18-5-8(11(20)21)15-16-18/h1-2,5-6H,3-4H2,(H,20,21). The lowest BCUT2D eigenvalue weighted by Crippen LogP contribution is -2.51. The van der Waals surface area contributed by atoms with E-state index in [0.717, 1.165) is 0 Å². The van der Waals surface area contributed by atoms with Gasteiger partial charge < -0.3 is 10.0 Å². The van der Waals surface area contributed by atoms with E-state index < -0.39 is 5.97 Å². The molecule has 2 aromatic heterocycles. The van der Waals surface area contributed by atoms with Crippen LogP contribution in [0.5, 0.6) is 0 Å². The molecular formula is C11H9ClN6O3. The summed E-state index contributed by atoms with van der Waals surface area (Å²) in [5, 5.41) is 16.3. The van der Waals surface area contributed by atoms with E-state index in [2.05, 4.69) is 20.3 Å². The highest BCUT2D eigenvalue weighted by molar-refractivity contribution is 6.29. The molecule has 0 spiro atoms. The summed E-state index contributed by atoms with van der Waals surface area (Å²) in [6, 6.07) is -0.0881. The van der Waals surface area contributed by atoms with Crippen LogP contribution in [-0.4, -0.2) is 59.9 Å². The van der Waals surface area contributed by atoms with Gasteiger partial charge in [0, 0.05) is 13.1 Å². The van der Waals surface area contributed by atoms with Crippen LogP contribution in [0.2, 0.25) is 5.15 Å². The minimum atomic E-state index is -1.13. The molecule has 3 rings (SSSR count). The summed E-state index contributed by atoms with van der Waals surface area (Å²) < 4.78 is 1.45. The van der Waals surface area contributed by atoms with E-state index in [4.69, 9.17) is 16.7 Å². The van der Waals surface area contributed by atoms with Crippen molar-refractivity contribution in [2.24, 2.45) is 0 Å². The monoisotopic (exact) mass is 308 g/mol. The third kappa shape index (κ3) is 2.55. The minimum Gasteiger partial charge on any atom is -0.476 e. The summed E-state index contributed by atoms with van der Waals surface area (Å²) in [6.07, 6.45) is 3.97. The molecule has 1 aliphatic heterocycles. The van der Waals surface area contributed by atoms with Crippen molar-refractivity contribution in [3.8, 4) is 0 Å². The molecule has 0 radical (unpaired) electrons. The van der Waals surface area contributed by atoms with Crippen LogP contribution in [0.1, 0.15) is 27.0 Å². The molecular weight excluding hydrogens is 300 g/mol. The number of carboxylic acid groups (broad SMARTS) is 1. The number of nitrogens with zero attached hydrogens (tertiary/aromatic N) is 6. The largest absolute Gasteiger partial charge is 0.476 e. The maximum absolute atomic E-state index is 12.1. The van der Waals surface area contributed by atoms with Crippen LogP contribution in [-0.2, 0) is 0 Å². The van der Waals surface area contributed by atoms with Crippen LogP contribution < -0.4 is 0 Å². The molecule has 9 nitrogen and oxygen atoms in total. The van der Waals surface area contributed by atoms with Gasteiger partial charge in [0.05, 0.1) is 24.6 Å². The first-order valence-electron chi connectivity index (χ1n) is 5.96. The second-order valence-corrected chi connectivity index (χ2v) is 4.86. The second-order valence-electron chi connectivity index (χ2n) is 4.48. The van der Waals surface area contributed by atoms with Gasteiger partial charge in [0.1, 0.15) is 10.8 Å². The van der Waals surface area contributed by atoms with E-state index >= 15 is 0 Å². The van der Waals surface area contributed by atoms with Gasteiger partial charge in [0.25, 0.3) is 5.91 Å². The third-order valence-corrected chi connectivity index (χ3v) is 3.29. The van der Waals surface area contributed by atoms with Crippen LogP contribution in [0.15, 0.2) is 18.6 Å². The van der Waals surface area contributed by atoms with E-state index in [1.165, 1.54) is 23.3 Å². The topological polar surface area (TPSA) is 114 Å². The Morgan fingerprint density at radius 3 is 2.57 bits per heavy atom. The molecule has 108 valence electrons. The fraction of sp³-hybridized carbons (Fsp3) is 0.273. The van der Waals surface area contributed by atoms with E-state index in [1.54, 1.807) is 4.90 Å². The van der Waals surface area contributed by atoms with Crippen molar-refractivity contribution in [1.29, 1.82) is 0 Å². The van der Waals surface area contributed by atoms with Gasteiger partial charge in [-0.05, 0) is 0 Å². The lowest BCUT2D eigenvalue weighted by Gasteiger charge is -2.38. The normalized spacial score (nSPS) is 14.8. The molecule has 21 heavy (non-hydrogen) atoms. The van der Waals surface area contributed by atoms with Gasteiger partial charge in [-0.2, -0.15) is 0 Å². The Morgan fingerprint density at radius 1 is 1.24 bits per heavy atom. The van der Waals surface area contributed by atoms with Crippen molar-refractivity contribution in [3.05, 3.63) is 35.1 Å². The van der Waals surface area contributed by atoms with Crippen LogP contribution in [0.4, 0.5) is 0 Å². The summed E-state index contributed by atoms with van der Waals surface area (Å²) in [7, 11) is 0. The predicted molar refractivity (Wildman–Crippen MR) is 69.0 cm³/mol. The summed E-state index contributed by atoms with van der Waals surface area (Å²) in [6.45, 7) is 0.817. The number of aromatic carboxylic acids is 1. The van der Waals surface area contributed by atoms with Crippen LogP contribution in [0.3, 0.4) is 0 Å². The van der Waals surface area contributed by atoms with Gasteiger partial charge in [-0.25, -0.2) is 19.4 Å². The summed E-state index contributed by atoms with van der Waals surface area (Å²) in [5.41, 5.74) is 0.0889. The molecule has 1 N–H and O–H groups in total. The molecule has 0 aromatic carbocycles. The van der Waals surface area contributed by atoms with E-state index in [1.807, 2.05) is 0 Å². The number of likely N-dealkylation sites (tertiary alicyclic amines) is 1. The Labute approximate surface area is 123 Å². The molecule has 0 atom stereocenters. The van der Waals surface area contributed by atoms with Crippen molar-refractivity contribution < 1.29 is 14.7 Å². The average molecular weight is 309 g/mol. The van der Waals surface area contributed by atoms with Gasteiger partial charge in [-0.15, -0.1) is 5.10 Å². The number of halogens is 1. The smallest absolute Gasteiger partial charge is 0.358 e. The highest BCUT2D eigenvalue weighted by atomic mass is 35.5. The van der Waals surface area contributed by atoms with Gasteiger partial charge in [0.2, 0.25) is 0 Å². The number of hydrogen-bond acceptors (Lipinski definition) is 6. The Hall–Kier alpha value is -2.55. The van der Waals surface area contributed by atoms with Crippen molar-refractivity contribution in [2.75, 3.05) is 13.1 Å². The maximum Gasteiger partial charge on any atom is 0.358 e. The SMILES string of the molecule is O=C(O)c1cn(C2CN(C(=O)c3cnc(Cl)cn3)C2)nn1. The van der Waals surface area contributed by atoms with Crippen molar-refractivity contribution >= 4 is 23.5 Å². The van der Waals surface area contributed by atoms with Gasteiger partial charge in [0.15, 0.2) is 5.69 Å². The van der Waals surface area contributed by atoms with E-state index in [0.29, 0.717) is 13.1 Å². The molecule has 10 heteroatoms. The first-order valence-corrected chi connectivity index (χ1v) is 6.34. The molecule has 0 saturated carbocycles. The number of aromatic nitrogens is 5. The second kappa shape index (κ2) is 5.09. The molecule has 1 amide bonds. The number of carbonyl (C=O) groups is 2. The lowest BCUT2D eigenvalue weighted by molar-refractivity contribution is 0.0491. The zero-order chi connectivity index (χ0) is 15.0. The fourth-order valence-corrected chi connectivity index (χ4v) is 2.02. The quantitative estimate of drug-likeness (QED) is 0.856. The highest BCUT2D eigenvalue weighted by Crippen LogP contribution is 2.22. The Balaban J connectivity index is 1.63. The van der Waals surface area contributed by atoms with E-state index in [-0.39, 0.29) is 28.5 Å². The fourth-order valence-electron chi connectivity index (χ4n) is 1.93. The number of carbonyl (C=O) groups excluding carboxylic acids is 1. The summed E-state index contributed by atoms with van der Waals surface area (Å²) in [4.78, 5) is 32.1. The summed E-state index contributed by atoms with van der Waals surface area (Å²) in [5.74, 6) is -1.39. The summed E-state index contributed by atoms with van der Waals surface area (Å²) >= 11 is 5.61. The number of amides is 1. The molecule has 3 heterocycles. The van der Waals surface area contributed by atoms with Gasteiger partial charge >= 0.3 is 5.97 Å². The first kappa shape index (κ1) is 13.4. The zero-order valence-corrected chi connectivity index (χ0v) is 11.3. The molecule has 1 saturated heterocycles. The average Bonchev–Trinajstić information content (AvgIpc) is 2.87. The highest BCUT2D eigenvalue weighted by Gasteiger charge is 2.34.